The van der Waals surface area contributed by atoms with Crippen molar-refractivity contribution in [2.24, 2.45) is 0 Å². The molecule has 4 rings (SSSR count). The largest absolute Gasteiger partial charge is 0.484 e. The minimum Gasteiger partial charge on any atom is -0.484 e. The van der Waals surface area contributed by atoms with Crippen LogP contribution in [0.2, 0.25) is 5.02 Å². The van der Waals surface area contributed by atoms with E-state index in [1.54, 1.807) is 42.5 Å². The van der Waals surface area contributed by atoms with Crippen LogP contribution >= 0.6 is 39.3 Å². The number of nitrogens with zero attached hydrogens (tertiary/aromatic N) is 1. The summed E-state index contributed by atoms with van der Waals surface area (Å²) in [7, 11) is 0. The smallest absolute Gasteiger partial charge is 0.293 e. The zero-order valence-electron chi connectivity index (χ0n) is 18.6. The van der Waals surface area contributed by atoms with E-state index < -0.39 is 0 Å². The minimum absolute atomic E-state index is 0.167. The molecule has 1 N–H and O–H groups in total. The number of anilines is 1. The summed E-state index contributed by atoms with van der Waals surface area (Å²) in [5.41, 5.74) is 3.13. The van der Waals surface area contributed by atoms with Crippen molar-refractivity contribution in [3.8, 4) is 5.75 Å². The molecule has 0 radical (unpaired) electrons. The normalized spacial score (nSPS) is 14.5. The van der Waals surface area contributed by atoms with Gasteiger partial charge in [0.25, 0.3) is 17.1 Å². The highest BCUT2D eigenvalue weighted by molar-refractivity contribution is 9.10. The van der Waals surface area contributed by atoms with E-state index in [4.69, 9.17) is 16.3 Å². The van der Waals surface area contributed by atoms with Crippen molar-refractivity contribution >= 4 is 68.1 Å². The first-order valence-electron chi connectivity index (χ1n) is 10.6. The van der Waals surface area contributed by atoms with Gasteiger partial charge < -0.3 is 10.1 Å². The van der Waals surface area contributed by atoms with Gasteiger partial charge in [-0.05, 0) is 77.9 Å². The SMILES string of the molecule is Cc1ccc(NC(=O)COc2ccc(/C=C3\SC(=O)N(Cc4ccc(Br)cc4)C3=O)cc2)cc1Cl. The van der Waals surface area contributed by atoms with Crippen LogP contribution in [0.5, 0.6) is 5.75 Å². The molecular weight excluding hydrogens is 552 g/mol. The fourth-order valence-corrected chi connectivity index (χ4v) is 4.52. The lowest BCUT2D eigenvalue weighted by atomic mass is 10.2. The number of nitrogens with one attached hydrogen (secondary N) is 1. The molecule has 1 saturated heterocycles. The van der Waals surface area contributed by atoms with Crippen molar-refractivity contribution in [2.45, 2.75) is 13.5 Å². The van der Waals surface area contributed by atoms with Crippen LogP contribution in [0.4, 0.5) is 10.5 Å². The van der Waals surface area contributed by atoms with Gasteiger partial charge in [-0.1, -0.05) is 57.9 Å². The number of aryl methyl sites for hydroxylation is 1. The molecule has 6 nitrogen and oxygen atoms in total. The Hall–Kier alpha value is -3.07. The summed E-state index contributed by atoms with van der Waals surface area (Å²) in [6, 6.07) is 19.7. The Kier molecular flexibility index (Phi) is 7.95. The molecule has 3 aromatic rings. The maximum absolute atomic E-state index is 12.8. The molecule has 0 spiro atoms. The number of carbonyl (C=O) groups excluding carboxylic acids is 3. The Morgan fingerprint density at radius 2 is 1.80 bits per heavy atom. The third kappa shape index (κ3) is 6.54. The number of carbonyl (C=O) groups is 3. The van der Waals surface area contributed by atoms with Gasteiger partial charge in [-0.3, -0.25) is 19.3 Å². The first kappa shape index (κ1) is 25.0. The van der Waals surface area contributed by atoms with E-state index in [2.05, 4.69) is 21.2 Å². The standard InChI is InChI=1S/C26H20BrClN2O4S/c1-16-2-9-20(13-22(16)28)29-24(31)15-34-21-10-5-17(6-11-21)12-23-25(32)30(26(33)35-23)14-18-3-7-19(27)8-4-18/h2-13H,14-15H2,1H3,(H,29,31)/b23-12-. The van der Waals surface area contributed by atoms with Crippen molar-refractivity contribution < 1.29 is 19.1 Å². The van der Waals surface area contributed by atoms with Gasteiger partial charge in [0.1, 0.15) is 5.75 Å². The number of ether oxygens (including phenoxy) is 1. The summed E-state index contributed by atoms with van der Waals surface area (Å²) in [6.45, 7) is 1.94. The Labute approximate surface area is 220 Å². The first-order chi connectivity index (χ1) is 16.8. The molecule has 178 valence electrons. The average Bonchev–Trinajstić information content (AvgIpc) is 3.09. The first-order valence-corrected chi connectivity index (χ1v) is 12.6. The van der Waals surface area contributed by atoms with Crippen LogP contribution in [0.25, 0.3) is 6.08 Å². The van der Waals surface area contributed by atoms with E-state index >= 15 is 0 Å². The van der Waals surface area contributed by atoms with E-state index in [1.807, 2.05) is 37.3 Å². The quantitative estimate of drug-likeness (QED) is 0.321. The molecule has 0 saturated carbocycles. The molecular formula is C26H20BrClN2O4S. The maximum atomic E-state index is 12.8. The Morgan fingerprint density at radius 1 is 1.09 bits per heavy atom. The minimum atomic E-state index is -0.323. The maximum Gasteiger partial charge on any atom is 0.293 e. The van der Waals surface area contributed by atoms with Gasteiger partial charge in [-0.25, -0.2) is 0 Å². The second-order valence-electron chi connectivity index (χ2n) is 7.76. The van der Waals surface area contributed by atoms with E-state index in [0.29, 0.717) is 21.4 Å². The molecule has 1 aliphatic heterocycles. The van der Waals surface area contributed by atoms with Gasteiger partial charge in [0.05, 0.1) is 11.4 Å². The Balaban J connectivity index is 1.33. The number of rotatable bonds is 7. The molecule has 35 heavy (non-hydrogen) atoms. The van der Waals surface area contributed by atoms with Crippen LogP contribution < -0.4 is 10.1 Å². The Morgan fingerprint density at radius 3 is 2.49 bits per heavy atom. The average molecular weight is 572 g/mol. The number of benzene rings is 3. The van der Waals surface area contributed by atoms with Crippen LogP contribution in [0.3, 0.4) is 0 Å². The lowest BCUT2D eigenvalue weighted by Crippen LogP contribution is -2.27. The molecule has 1 heterocycles. The zero-order valence-corrected chi connectivity index (χ0v) is 21.7. The lowest BCUT2D eigenvalue weighted by Gasteiger charge is -2.12. The molecule has 3 aromatic carbocycles. The summed E-state index contributed by atoms with van der Waals surface area (Å²) in [5, 5.41) is 3.01. The molecule has 0 bridgehead atoms. The molecule has 0 unspecified atom stereocenters. The topological polar surface area (TPSA) is 75.7 Å². The number of halogens is 2. The van der Waals surface area contributed by atoms with E-state index in [1.165, 1.54) is 4.90 Å². The van der Waals surface area contributed by atoms with Gasteiger partial charge >= 0.3 is 0 Å². The van der Waals surface area contributed by atoms with E-state index in [-0.39, 0.29) is 30.2 Å². The van der Waals surface area contributed by atoms with Crippen molar-refractivity contribution in [3.05, 3.63) is 97.8 Å². The second-order valence-corrected chi connectivity index (χ2v) is 10.1. The molecule has 9 heteroatoms. The van der Waals surface area contributed by atoms with Gasteiger partial charge in [0.2, 0.25) is 0 Å². The predicted octanol–water partition coefficient (Wildman–Crippen LogP) is 6.66. The molecule has 0 aliphatic carbocycles. The molecule has 3 amide bonds. The van der Waals surface area contributed by atoms with Crippen LogP contribution in [-0.2, 0) is 16.1 Å². The fraction of sp³-hybridized carbons (Fsp3) is 0.115. The van der Waals surface area contributed by atoms with Crippen molar-refractivity contribution in [1.29, 1.82) is 0 Å². The van der Waals surface area contributed by atoms with Crippen LogP contribution in [0, 0.1) is 6.92 Å². The predicted molar refractivity (Wildman–Crippen MR) is 142 cm³/mol. The molecule has 1 fully saturated rings. The Bertz CT molecular complexity index is 1310. The highest BCUT2D eigenvalue weighted by Crippen LogP contribution is 2.33. The number of imide groups is 1. The lowest BCUT2D eigenvalue weighted by molar-refractivity contribution is -0.123. The highest BCUT2D eigenvalue weighted by atomic mass is 79.9. The summed E-state index contributed by atoms with van der Waals surface area (Å²) in [5.74, 6) is -0.132. The van der Waals surface area contributed by atoms with E-state index in [0.717, 1.165) is 32.9 Å². The van der Waals surface area contributed by atoms with Gasteiger partial charge in [0.15, 0.2) is 6.61 Å². The summed E-state index contributed by atoms with van der Waals surface area (Å²) in [4.78, 5) is 38.9. The number of amides is 3. The van der Waals surface area contributed by atoms with E-state index in [9.17, 15) is 14.4 Å². The van der Waals surface area contributed by atoms with Gasteiger partial charge in [-0.2, -0.15) is 0 Å². The number of thioether (sulfide) groups is 1. The summed E-state index contributed by atoms with van der Waals surface area (Å²) in [6.07, 6.45) is 1.67. The summed E-state index contributed by atoms with van der Waals surface area (Å²) < 4.78 is 6.48. The fourth-order valence-electron chi connectivity index (χ4n) is 3.24. The van der Waals surface area contributed by atoms with Crippen LogP contribution in [0.15, 0.2) is 76.1 Å². The van der Waals surface area contributed by atoms with Crippen molar-refractivity contribution in [3.63, 3.8) is 0 Å². The zero-order chi connectivity index (χ0) is 24.9. The highest BCUT2D eigenvalue weighted by Gasteiger charge is 2.34. The van der Waals surface area contributed by atoms with Crippen LogP contribution in [-0.4, -0.2) is 28.6 Å². The van der Waals surface area contributed by atoms with Crippen molar-refractivity contribution in [1.82, 2.24) is 4.90 Å². The monoisotopic (exact) mass is 570 g/mol. The van der Waals surface area contributed by atoms with Gasteiger partial charge in [0, 0.05) is 15.2 Å². The number of hydrogen-bond acceptors (Lipinski definition) is 5. The number of hydrogen-bond donors (Lipinski definition) is 1. The third-order valence-electron chi connectivity index (χ3n) is 5.13. The third-order valence-corrected chi connectivity index (χ3v) is 6.97. The molecule has 1 aliphatic rings. The van der Waals surface area contributed by atoms with Crippen molar-refractivity contribution in [2.75, 3.05) is 11.9 Å². The second kappa shape index (κ2) is 11.1. The molecule has 0 atom stereocenters. The van der Waals surface area contributed by atoms with Gasteiger partial charge in [-0.15, -0.1) is 0 Å². The summed E-state index contributed by atoms with van der Waals surface area (Å²) >= 11 is 10.4. The molecule has 0 aromatic heterocycles. The van der Waals surface area contributed by atoms with Crippen LogP contribution in [0.1, 0.15) is 16.7 Å².